The average molecular weight is 427 g/mol. The molecule has 0 N–H and O–H groups in total. The van der Waals surface area contributed by atoms with Crippen molar-refractivity contribution in [1.82, 2.24) is 0 Å². The summed E-state index contributed by atoms with van der Waals surface area (Å²) in [6, 6.07) is 0. The second-order valence-electron chi connectivity index (χ2n) is 1.77. The molecule has 11 heteroatoms. The molecular weight excluding hydrogens is 407 g/mol. The molecule has 0 radical (unpaired) electrons. The third kappa shape index (κ3) is 23.4. The van der Waals surface area contributed by atoms with Gasteiger partial charge in [-0.1, -0.05) is 0 Å². The molecular formula is C6H20Cl2O6P2Pd+2. The summed E-state index contributed by atoms with van der Waals surface area (Å²) in [7, 11) is 16.2. The summed E-state index contributed by atoms with van der Waals surface area (Å²) in [5, 5.41) is 0. The summed E-state index contributed by atoms with van der Waals surface area (Å²) < 4.78 is 28.2. The predicted octanol–water partition coefficient (Wildman–Crippen LogP) is 3.15. The van der Waals surface area contributed by atoms with Crippen LogP contribution in [-0.4, -0.2) is 42.7 Å². The second-order valence-corrected chi connectivity index (χ2v) is 7.58. The predicted molar refractivity (Wildman–Crippen MR) is 70.4 cm³/mol. The second kappa shape index (κ2) is 23.0. The van der Waals surface area contributed by atoms with Gasteiger partial charge in [0, 0.05) is 0 Å². The van der Waals surface area contributed by atoms with E-state index >= 15 is 0 Å². The maximum atomic E-state index is 4.81. The number of hydrogen-bond donors (Lipinski definition) is 0. The van der Waals surface area contributed by atoms with Gasteiger partial charge >= 0.3 is 52.2 Å². The Bertz CT molecular complexity index is 99.7. The van der Waals surface area contributed by atoms with Crippen molar-refractivity contribution in [3.05, 3.63) is 0 Å². The van der Waals surface area contributed by atoms with Crippen molar-refractivity contribution >= 4 is 36.3 Å². The van der Waals surface area contributed by atoms with Crippen LogP contribution in [0.2, 0.25) is 0 Å². The zero-order valence-corrected chi connectivity index (χ0v) is 15.6. The Morgan fingerprint density at radius 3 is 0.706 bits per heavy atom. The van der Waals surface area contributed by atoms with E-state index in [1.165, 1.54) is 0 Å². The number of hydrogen-bond acceptors (Lipinski definition) is 6. The van der Waals surface area contributed by atoms with Crippen molar-refractivity contribution in [3.8, 4) is 0 Å². The van der Waals surface area contributed by atoms with Crippen molar-refractivity contribution in [3.63, 3.8) is 0 Å². The first-order valence-corrected chi connectivity index (χ1v) is 10.4. The molecule has 0 rings (SSSR count). The van der Waals surface area contributed by atoms with E-state index in [0.29, 0.717) is 0 Å². The monoisotopic (exact) mass is 426 g/mol. The first-order chi connectivity index (χ1) is 8.11. The Kier molecular flexibility index (Phi) is 32.4. The van der Waals surface area contributed by atoms with Gasteiger partial charge in [-0.2, -0.15) is 27.1 Å². The molecule has 6 nitrogen and oxygen atoms in total. The minimum absolute atomic E-state index is 0.106. The SMILES string of the molecule is CO[PH+](OC)OC.CO[PH+](OC)OC.[Cl][Pd][Cl]. The van der Waals surface area contributed by atoms with Gasteiger partial charge in [-0.3, -0.25) is 0 Å². The van der Waals surface area contributed by atoms with E-state index in [0.717, 1.165) is 0 Å². The average Bonchev–Trinajstić information content (AvgIpc) is 2.35. The first kappa shape index (κ1) is 23.9. The Morgan fingerprint density at radius 2 is 0.706 bits per heavy atom. The Hall–Kier alpha value is 1.86. The molecule has 112 valence electrons. The normalized spacial score (nSPS) is 9.76. The van der Waals surface area contributed by atoms with Gasteiger partial charge in [0.15, 0.2) is 0 Å². The zero-order valence-electron chi connectivity index (χ0n) is 10.5. The summed E-state index contributed by atoms with van der Waals surface area (Å²) in [6.07, 6.45) is 0. The van der Waals surface area contributed by atoms with Crippen LogP contribution in [0.1, 0.15) is 0 Å². The fraction of sp³-hybridized carbons (Fsp3) is 1.00. The molecule has 0 aliphatic rings. The zero-order chi connectivity index (χ0) is 14.1. The van der Waals surface area contributed by atoms with E-state index in [9.17, 15) is 0 Å². The Labute approximate surface area is 122 Å². The first-order valence-electron chi connectivity index (χ1n) is 3.91. The van der Waals surface area contributed by atoms with E-state index in [1.807, 2.05) is 0 Å². The molecule has 0 aromatic carbocycles. The molecule has 0 aliphatic heterocycles. The van der Waals surface area contributed by atoms with E-state index < -0.39 is 17.2 Å². The van der Waals surface area contributed by atoms with E-state index in [-0.39, 0.29) is 15.9 Å². The molecule has 17 heavy (non-hydrogen) atoms. The van der Waals surface area contributed by atoms with Crippen LogP contribution in [0.15, 0.2) is 0 Å². The quantitative estimate of drug-likeness (QED) is 0.480. The van der Waals surface area contributed by atoms with Crippen molar-refractivity contribution in [2.75, 3.05) is 42.7 Å². The van der Waals surface area contributed by atoms with Crippen LogP contribution in [-0.2, 0) is 43.1 Å². The molecule has 0 fully saturated rings. The van der Waals surface area contributed by atoms with E-state index in [2.05, 4.69) is 0 Å². The third-order valence-corrected chi connectivity index (χ3v) is 3.00. The van der Waals surface area contributed by atoms with Crippen LogP contribution in [0.3, 0.4) is 0 Å². The third-order valence-electron chi connectivity index (χ3n) is 1.00. The molecule has 0 bridgehead atoms. The van der Waals surface area contributed by atoms with Gasteiger partial charge in [-0.15, -0.1) is 0 Å². The molecule has 0 saturated carbocycles. The summed E-state index contributed by atoms with van der Waals surface area (Å²) in [4.78, 5) is 0. The van der Waals surface area contributed by atoms with Crippen LogP contribution in [0.5, 0.6) is 0 Å². The van der Waals surface area contributed by atoms with Crippen LogP contribution in [0, 0.1) is 0 Å². The molecule has 0 aromatic heterocycles. The van der Waals surface area contributed by atoms with E-state index in [4.69, 9.17) is 46.2 Å². The van der Waals surface area contributed by atoms with Gasteiger partial charge in [0.05, 0.1) is 42.7 Å². The fourth-order valence-corrected chi connectivity index (χ4v) is 1.50. The number of halogens is 2. The van der Waals surface area contributed by atoms with Gasteiger partial charge in [-0.25, -0.2) is 0 Å². The molecule has 0 spiro atoms. The topological polar surface area (TPSA) is 55.4 Å². The van der Waals surface area contributed by atoms with Gasteiger partial charge in [-0.05, 0) is 0 Å². The molecule has 0 unspecified atom stereocenters. The molecule has 0 aromatic rings. The standard InChI is InChI=1S/2C3H10O3P.2ClH.Pd/c2*1-4-7(5-2)6-3;;;/h2*7H,1-3H3;2*1H;/q2*+1;;;+2/p-2. The van der Waals surface area contributed by atoms with Crippen LogP contribution < -0.4 is 0 Å². The molecule has 0 saturated heterocycles. The van der Waals surface area contributed by atoms with Crippen LogP contribution >= 0.6 is 36.3 Å². The summed E-state index contributed by atoms with van der Waals surface area (Å²) in [5.41, 5.74) is 0. The summed E-state index contributed by atoms with van der Waals surface area (Å²) in [5.74, 6) is 0. The van der Waals surface area contributed by atoms with Crippen LogP contribution in [0.25, 0.3) is 0 Å². The Morgan fingerprint density at radius 1 is 0.588 bits per heavy atom. The minimum atomic E-state index is -1.36. The van der Waals surface area contributed by atoms with Crippen molar-refractivity contribution in [1.29, 1.82) is 0 Å². The van der Waals surface area contributed by atoms with Gasteiger partial charge in [0.25, 0.3) is 0 Å². The van der Waals surface area contributed by atoms with Gasteiger partial charge < -0.3 is 0 Å². The van der Waals surface area contributed by atoms with Crippen molar-refractivity contribution in [2.45, 2.75) is 0 Å². The molecule has 0 heterocycles. The summed E-state index contributed by atoms with van der Waals surface area (Å²) in [6.45, 7) is 0. The van der Waals surface area contributed by atoms with Crippen molar-refractivity contribution < 1.29 is 43.1 Å². The van der Waals surface area contributed by atoms with Gasteiger partial charge in [0.1, 0.15) is 0 Å². The summed E-state index contributed by atoms with van der Waals surface area (Å²) >= 11 is -0.106. The maximum absolute atomic E-state index is 4.81. The fourth-order valence-electron chi connectivity index (χ4n) is 0.500. The van der Waals surface area contributed by atoms with Gasteiger partial charge in [0.2, 0.25) is 0 Å². The Balaban J connectivity index is -0.000000188. The molecule has 0 atom stereocenters. The molecule has 0 amide bonds. The van der Waals surface area contributed by atoms with Crippen LogP contribution in [0.4, 0.5) is 0 Å². The molecule has 0 aliphatic carbocycles. The van der Waals surface area contributed by atoms with Crippen molar-refractivity contribution in [2.24, 2.45) is 0 Å². The number of rotatable bonds is 6. The van der Waals surface area contributed by atoms with E-state index in [1.54, 1.807) is 42.7 Å².